The highest BCUT2D eigenvalue weighted by molar-refractivity contribution is 6.27. The highest BCUT2D eigenvalue weighted by atomic mass is 14.7. The summed E-state index contributed by atoms with van der Waals surface area (Å²) in [5.74, 6) is 0. The maximum absolute atomic E-state index is 4.97. The Morgan fingerprint density at radius 1 is 0.395 bits per heavy atom. The fourth-order valence-corrected chi connectivity index (χ4v) is 5.94. The number of rotatable bonds is 2. The first-order valence-corrected chi connectivity index (χ1v) is 12.9. The lowest BCUT2D eigenvalue weighted by Crippen LogP contribution is -1.94. The minimum atomic E-state index is 0.965. The van der Waals surface area contributed by atoms with Gasteiger partial charge in [-0.15, -0.1) is 0 Å². The molecule has 0 aliphatic rings. The molecular formula is C36H22N2. The van der Waals surface area contributed by atoms with Crippen LogP contribution in [0.2, 0.25) is 0 Å². The molecule has 0 saturated carbocycles. The third kappa shape index (κ3) is 3.14. The summed E-state index contributed by atoms with van der Waals surface area (Å²) in [4.78, 5) is 9.89. The van der Waals surface area contributed by atoms with Gasteiger partial charge in [-0.3, -0.25) is 9.97 Å². The molecule has 6 aromatic carbocycles. The molecule has 0 spiro atoms. The summed E-state index contributed by atoms with van der Waals surface area (Å²) in [5, 5.41) is 10.7. The van der Waals surface area contributed by atoms with Crippen molar-refractivity contribution in [3.8, 4) is 22.4 Å². The third-order valence-corrected chi connectivity index (χ3v) is 7.69. The second-order valence-electron chi connectivity index (χ2n) is 9.84. The molecule has 0 saturated heterocycles. The first-order chi connectivity index (χ1) is 18.8. The summed E-state index contributed by atoms with van der Waals surface area (Å²) in [6.07, 6.45) is 4.03. The minimum absolute atomic E-state index is 0.965. The highest BCUT2D eigenvalue weighted by Crippen LogP contribution is 2.45. The number of benzene rings is 6. The van der Waals surface area contributed by atoms with E-state index in [2.05, 4.69) is 121 Å². The molecule has 0 bridgehead atoms. The summed E-state index contributed by atoms with van der Waals surface area (Å²) in [5.41, 5.74) is 5.54. The van der Waals surface area contributed by atoms with Crippen LogP contribution in [0.1, 0.15) is 0 Å². The van der Waals surface area contributed by atoms with Crippen LogP contribution in [0.25, 0.3) is 76.4 Å². The molecule has 0 aliphatic carbocycles. The van der Waals surface area contributed by atoms with Crippen LogP contribution in [0.5, 0.6) is 0 Å². The Morgan fingerprint density at radius 2 is 1.03 bits per heavy atom. The first kappa shape index (κ1) is 21.0. The first-order valence-electron chi connectivity index (χ1n) is 12.9. The average molecular weight is 483 g/mol. The van der Waals surface area contributed by atoms with Crippen LogP contribution in [0.4, 0.5) is 0 Å². The maximum Gasteiger partial charge on any atom is 0.0721 e. The average Bonchev–Trinajstić information content (AvgIpc) is 2.99. The fourth-order valence-electron chi connectivity index (χ4n) is 5.94. The molecular weight excluding hydrogens is 460 g/mol. The normalized spacial score (nSPS) is 11.7. The predicted molar refractivity (Wildman–Crippen MR) is 160 cm³/mol. The van der Waals surface area contributed by atoms with Crippen molar-refractivity contribution in [3.05, 3.63) is 134 Å². The molecule has 2 heterocycles. The maximum atomic E-state index is 4.97. The fraction of sp³-hybridized carbons (Fsp3) is 0. The van der Waals surface area contributed by atoms with Crippen molar-refractivity contribution >= 4 is 54.0 Å². The zero-order chi connectivity index (χ0) is 25.1. The van der Waals surface area contributed by atoms with Crippen molar-refractivity contribution in [3.63, 3.8) is 0 Å². The lowest BCUT2D eigenvalue weighted by molar-refractivity contribution is 1.37. The number of para-hydroxylation sites is 1. The van der Waals surface area contributed by atoms with E-state index < -0.39 is 0 Å². The molecule has 176 valence electrons. The summed E-state index contributed by atoms with van der Waals surface area (Å²) in [7, 11) is 0. The van der Waals surface area contributed by atoms with E-state index in [1.165, 1.54) is 43.4 Å². The Morgan fingerprint density at radius 3 is 1.84 bits per heavy atom. The highest BCUT2D eigenvalue weighted by Gasteiger charge is 2.20. The van der Waals surface area contributed by atoms with Gasteiger partial charge in [0, 0.05) is 39.5 Å². The van der Waals surface area contributed by atoms with Gasteiger partial charge in [0.25, 0.3) is 0 Å². The number of fused-ring (bicyclic) bond motifs is 6. The number of hydrogen-bond donors (Lipinski definition) is 0. The van der Waals surface area contributed by atoms with E-state index in [-0.39, 0.29) is 0 Å². The predicted octanol–water partition coefficient (Wildman–Crippen LogP) is 9.58. The molecule has 38 heavy (non-hydrogen) atoms. The standard InChI is InChI=1S/C36H22N2/c1-2-10-24-19-26(18-17-23(24)9-1)34-28-13-5-6-14-29(28)35(33-20-25-11-3-4-12-27(25)21-37-33)31-22-38-32-16-8-7-15-30(32)36(31)34/h1-22H. The second-order valence-corrected chi connectivity index (χ2v) is 9.84. The van der Waals surface area contributed by atoms with Gasteiger partial charge in [0.2, 0.25) is 0 Å². The molecule has 0 radical (unpaired) electrons. The monoisotopic (exact) mass is 482 g/mol. The Bertz CT molecular complexity index is 2190. The summed E-state index contributed by atoms with van der Waals surface area (Å²) < 4.78 is 0. The minimum Gasteiger partial charge on any atom is -0.256 e. The van der Waals surface area contributed by atoms with Crippen LogP contribution in [0, 0.1) is 0 Å². The molecule has 8 aromatic rings. The van der Waals surface area contributed by atoms with Gasteiger partial charge >= 0.3 is 0 Å². The van der Waals surface area contributed by atoms with Gasteiger partial charge in [0.15, 0.2) is 0 Å². The van der Waals surface area contributed by atoms with E-state index in [4.69, 9.17) is 9.97 Å². The van der Waals surface area contributed by atoms with E-state index in [9.17, 15) is 0 Å². The molecule has 8 rings (SSSR count). The quantitative estimate of drug-likeness (QED) is 0.181. The molecule has 0 atom stereocenters. The van der Waals surface area contributed by atoms with Gasteiger partial charge in [0.1, 0.15) is 0 Å². The van der Waals surface area contributed by atoms with Crippen molar-refractivity contribution in [2.75, 3.05) is 0 Å². The van der Waals surface area contributed by atoms with Gasteiger partial charge in [-0.05, 0) is 56.3 Å². The molecule has 2 nitrogen and oxygen atoms in total. The van der Waals surface area contributed by atoms with E-state index in [1.807, 2.05) is 12.4 Å². The number of aromatic nitrogens is 2. The zero-order valence-corrected chi connectivity index (χ0v) is 20.6. The number of hydrogen-bond acceptors (Lipinski definition) is 2. The van der Waals surface area contributed by atoms with Gasteiger partial charge in [-0.1, -0.05) is 103 Å². The van der Waals surface area contributed by atoms with Crippen molar-refractivity contribution < 1.29 is 0 Å². The van der Waals surface area contributed by atoms with Crippen LogP contribution in [0.3, 0.4) is 0 Å². The Hall–Kier alpha value is -5.08. The molecule has 0 N–H and O–H groups in total. The third-order valence-electron chi connectivity index (χ3n) is 7.69. The molecule has 0 amide bonds. The second kappa shape index (κ2) is 8.22. The molecule has 0 aliphatic heterocycles. The van der Waals surface area contributed by atoms with Gasteiger partial charge in [-0.25, -0.2) is 0 Å². The number of pyridine rings is 2. The molecule has 0 fully saturated rings. The lowest BCUT2D eigenvalue weighted by atomic mass is 9.85. The van der Waals surface area contributed by atoms with Crippen LogP contribution in [-0.4, -0.2) is 9.97 Å². The topological polar surface area (TPSA) is 25.8 Å². The molecule has 0 unspecified atom stereocenters. The van der Waals surface area contributed by atoms with Gasteiger partial charge in [-0.2, -0.15) is 0 Å². The Labute approximate surface area is 219 Å². The smallest absolute Gasteiger partial charge is 0.0721 e. The van der Waals surface area contributed by atoms with Gasteiger partial charge in [0.05, 0.1) is 11.2 Å². The van der Waals surface area contributed by atoms with Crippen LogP contribution in [-0.2, 0) is 0 Å². The summed E-state index contributed by atoms with van der Waals surface area (Å²) in [6, 6.07) is 43.2. The van der Waals surface area contributed by atoms with Crippen molar-refractivity contribution in [2.45, 2.75) is 0 Å². The van der Waals surface area contributed by atoms with E-state index in [1.54, 1.807) is 0 Å². The largest absolute Gasteiger partial charge is 0.256 e. The molecule has 2 heteroatoms. The van der Waals surface area contributed by atoms with Crippen LogP contribution >= 0.6 is 0 Å². The van der Waals surface area contributed by atoms with Crippen LogP contribution < -0.4 is 0 Å². The number of nitrogens with zero attached hydrogens (tertiary/aromatic N) is 2. The molecule has 2 aromatic heterocycles. The van der Waals surface area contributed by atoms with E-state index in [0.29, 0.717) is 0 Å². The van der Waals surface area contributed by atoms with E-state index >= 15 is 0 Å². The Balaban J connectivity index is 1.58. The van der Waals surface area contributed by atoms with E-state index in [0.717, 1.165) is 32.9 Å². The van der Waals surface area contributed by atoms with Crippen molar-refractivity contribution in [2.24, 2.45) is 0 Å². The van der Waals surface area contributed by atoms with Crippen molar-refractivity contribution in [1.29, 1.82) is 0 Å². The van der Waals surface area contributed by atoms with Crippen molar-refractivity contribution in [1.82, 2.24) is 9.97 Å². The SMILES string of the molecule is c1ccc2cc(-c3c4ccccc4c(-c4cc5ccccc5cn4)c4cnc5ccccc5c34)ccc2c1. The lowest BCUT2D eigenvalue weighted by Gasteiger charge is -2.19. The van der Waals surface area contributed by atoms with Gasteiger partial charge < -0.3 is 0 Å². The zero-order valence-electron chi connectivity index (χ0n) is 20.6. The van der Waals surface area contributed by atoms with Crippen LogP contribution in [0.15, 0.2) is 134 Å². The summed E-state index contributed by atoms with van der Waals surface area (Å²) in [6.45, 7) is 0. The Kier molecular flexibility index (Phi) is 4.55. The summed E-state index contributed by atoms with van der Waals surface area (Å²) >= 11 is 0.